The zero-order valence-electron chi connectivity index (χ0n) is 12.1. The minimum Gasteiger partial charge on any atom is -0.494 e. The number of alkyl halides is 1. The molecule has 2 aromatic rings. The number of halogens is 2. The molecule has 1 aromatic heterocycles. The van der Waals surface area contributed by atoms with E-state index in [1.165, 1.54) is 5.56 Å². The van der Waals surface area contributed by atoms with Crippen LogP contribution in [-0.4, -0.2) is 11.6 Å². The molecule has 4 heteroatoms. The summed E-state index contributed by atoms with van der Waals surface area (Å²) in [7, 11) is 0. The van der Waals surface area contributed by atoms with Crippen molar-refractivity contribution in [2.24, 2.45) is 0 Å². The van der Waals surface area contributed by atoms with Gasteiger partial charge in [-0.25, -0.2) is 0 Å². The summed E-state index contributed by atoms with van der Waals surface area (Å²) in [6, 6.07) is 10.2. The van der Waals surface area contributed by atoms with Gasteiger partial charge in [0.05, 0.1) is 11.6 Å². The largest absolute Gasteiger partial charge is 0.494 e. The lowest BCUT2D eigenvalue weighted by Crippen LogP contribution is -1.98. The molecule has 1 aromatic carbocycles. The van der Waals surface area contributed by atoms with E-state index >= 15 is 0 Å². The Hall–Kier alpha value is -1.06. The Balaban J connectivity index is 1.96. The van der Waals surface area contributed by atoms with Crippen molar-refractivity contribution in [2.75, 3.05) is 6.61 Å². The Morgan fingerprint density at radius 1 is 1.24 bits per heavy atom. The van der Waals surface area contributed by atoms with Gasteiger partial charge < -0.3 is 4.74 Å². The molecule has 0 saturated heterocycles. The molecule has 112 valence electrons. The molecule has 0 spiro atoms. The lowest BCUT2D eigenvalue weighted by Gasteiger charge is -2.12. The van der Waals surface area contributed by atoms with Crippen LogP contribution in [0.3, 0.4) is 0 Å². The maximum Gasteiger partial charge on any atom is 0.119 e. The zero-order chi connectivity index (χ0) is 15.1. The molecular formula is C17H19BrClNO. The number of pyridine rings is 1. The zero-order valence-corrected chi connectivity index (χ0v) is 14.4. The van der Waals surface area contributed by atoms with E-state index in [9.17, 15) is 0 Å². The van der Waals surface area contributed by atoms with Gasteiger partial charge in [0.1, 0.15) is 5.75 Å². The molecule has 2 nitrogen and oxygen atoms in total. The SMILES string of the molecule is CCCCOc1ccc(C(Br)Cc2ccncc2Cl)cc1. The van der Waals surface area contributed by atoms with Crippen molar-refractivity contribution in [1.82, 2.24) is 4.98 Å². The Kier molecular flexibility index (Phi) is 6.52. The Bertz CT molecular complexity index is 559. The fourth-order valence-electron chi connectivity index (χ4n) is 1.99. The second-order valence-corrected chi connectivity index (χ2v) is 6.42. The van der Waals surface area contributed by atoms with Crippen LogP contribution in [0.5, 0.6) is 5.75 Å². The second-order valence-electron chi connectivity index (χ2n) is 4.91. The van der Waals surface area contributed by atoms with Gasteiger partial charge in [-0.1, -0.05) is 53.0 Å². The van der Waals surface area contributed by atoms with E-state index in [2.05, 4.69) is 40.0 Å². The molecule has 0 fully saturated rings. The van der Waals surface area contributed by atoms with E-state index in [-0.39, 0.29) is 4.83 Å². The summed E-state index contributed by atoms with van der Waals surface area (Å²) < 4.78 is 5.67. The predicted octanol–water partition coefficient (Wildman–Crippen LogP) is 5.59. The fourth-order valence-corrected chi connectivity index (χ4v) is 2.84. The van der Waals surface area contributed by atoms with Gasteiger partial charge in [-0.15, -0.1) is 0 Å². The lowest BCUT2D eigenvalue weighted by molar-refractivity contribution is 0.309. The maximum atomic E-state index is 6.15. The van der Waals surface area contributed by atoms with Crippen molar-refractivity contribution >= 4 is 27.5 Å². The highest BCUT2D eigenvalue weighted by atomic mass is 79.9. The average Bonchev–Trinajstić information content (AvgIpc) is 2.50. The van der Waals surface area contributed by atoms with Crippen LogP contribution in [0.1, 0.15) is 35.7 Å². The third-order valence-electron chi connectivity index (χ3n) is 3.26. The predicted molar refractivity (Wildman–Crippen MR) is 91.5 cm³/mol. The molecule has 0 aliphatic carbocycles. The highest BCUT2D eigenvalue weighted by Gasteiger charge is 2.11. The number of rotatable bonds is 7. The van der Waals surface area contributed by atoms with Crippen molar-refractivity contribution in [2.45, 2.75) is 31.0 Å². The van der Waals surface area contributed by atoms with Crippen LogP contribution in [-0.2, 0) is 6.42 Å². The summed E-state index contributed by atoms with van der Waals surface area (Å²) in [6.45, 7) is 2.94. The number of nitrogens with zero attached hydrogens (tertiary/aromatic N) is 1. The number of unbranched alkanes of at least 4 members (excludes halogenated alkanes) is 1. The molecular weight excluding hydrogens is 350 g/mol. The lowest BCUT2D eigenvalue weighted by atomic mass is 10.1. The molecule has 0 radical (unpaired) electrons. The van der Waals surface area contributed by atoms with Crippen molar-refractivity contribution in [3.63, 3.8) is 0 Å². The third kappa shape index (κ3) is 5.01. The summed E-state index contributed by atoms with van der Waals surface area (Å²) >= 11 is 9.87. The molecule has 1 heterocycles. The summed E-state index contributed by atoms with van der Waals surface area (Å²) in [4.78, 5) is 4.23. The molecule has 21 heavy (non-hydrogen) atoms. The quantitative estimate of drug-likeness (QED) is 0.469. The Morgan fingerprint density at radius 2 is 2.00 bits per heavy atom. The van der Waals surface area contributed by atoms with E-state index in [0.717, 1.165) is 37.2 Å². The van der Waals surface area contributed by atoms with E-state index in [1.807, 2.05) is 18.2 Å². The molecule has 0 saturated carbocycles. The topological polar surface area (TPSA) is 22.1 Å². The number of ether oxygens (including phenoxy) is 1. The molecule has 1 atom stereocenters. The van der Waals surface area contributed by atoms with Crippen LogP contribution in [0.15, 0.2) is 42.7 Å². The van der Waals surface area contributed by atoms with Gasteiger partial charge in [-0.3, -0.25) is 4.98 Å². The third-order valence-corrected chi connectivity index (χ3v) is 4.46. The van der Waals surface area contributed by atoms with Crippen LogP contribution in [0, 0.1) is 0 Å². The van der Waals surface area contributed by atoms with Gasteiger partial charge >= 0.3 is 0 Å². The Labute approximate surface area is 139 Å². The normalized spacial score (nSPS) is 12.1. The summed E-state index contributed by atoms with van der Waals surface area (Å²) in [5, 5.41) is 0.710. The monoisotopic (exact) mass is 367 g/mol. The number of aromatic nitrogens is 1. The first kappa shape index (κ1) is 16.3. The van der Waals surface area contributed by atoms with Gasteiger partial charge in [0.25, 0.3) is 0 Å². The second kappa shape index (κ2) is 8.40. The van der Waals surface area contributed by atoms with Gasteiger partial charge in [-0.2, -0.15) is 0 Å². The summed E-state index contributed by atoms with van der Waals surface area (Å²) in [5.41, 5.74) is 2.31. The molecule has 0 aliphatic rings. The first-order chi connectivity index (χ1) is 10.2. The molecule has 2 rings (SSSR count). The van der Waals surface area contributed by atoms with Crippen LogP contribution < -0.4 is 4.74 Å². The highest BCUT2D eigenvalue weighted by Crippen LogP contribution is 2.30. The molecule has 0 N–H and O–H groups in total. The van der Waals surface area contributed by atoms with Gasteiger partial charge in [0.2, 0.25) is 0 Å². The van der Waals surface area contributed by atoms with Gasteiger partial charge in [0, 0.05) is 17.2 Å². The smallest absolute Gasteiger partial charge is 0.119 e. The van der Waals surface area contributed by atoms with E-state index in [4.69, 9.17) is 16.3 Å². The molecule has 0 aliphatic heterocycles. The van der Waals surface area contributed by atoms with Crippen LogP contribution in [0.25, 0.3) is 0 Å². The summed E-state index contributed by atoms with van der Waals surface area (Å²) in [6.07, 6.45) is 6.52. The van der Waals surface area contributed by atoms with Crippen LogP contribution in [0.2, 0.25) is 5.02 Å². The molecule has 0 bridgehead atoms. The van der Waals surface area contributed by atoms with Gasteiger partial charge in [-0.05, 0) is 42.2 Å². The van der Waals surface area contributed by atoms with E-state index in [0.29, 0.717) is 5.02 Å². The first-order valence-corrected chi connectivity index (χ1v) is 8.45. The van der Waals surface area contributed by atoms with Crippen LogP contribution >= 0.6 is 27.5 Å². The average molecular weight is 369 g/mol. The molecule has 0 amide bonds. The maximum absolute atomic E-state index is 6.15. The minimum atomic E-state index is 0.224. The van der Waals surface area contributed by atoms with Crippen molar-refractivity contribution in [1.29, 1.82) is 0 Å². The summed E-state index contributed by atoms with van der Waals surface area (Å²) in [5.74, 6) is 0.925. The minimum absolute atomic E-state index is 0.224. The number of benzene rings is 1. The van der Waals surface area contributed by atoms with Gasteiger partial charge in [0.15, 0.2) is 0 Å². The standard InChI is InChI=1S/C17H19BrClNO/c1-2-3-10-21-15-6-4-13(5-7-15)16(18)11-14-8-9-20-12-17(14)19/h4-9,12,16H,2-3,10-11H2,1H3. The number of hydrogen-bond donors (Lipinski definition) is 0. The first-order valence-electron chi connectivity index (χ1n) is 7.16. The van der Waals surface area contributed by atoms with Crippen molar-refractivity contribution in [3.05, 3.63) is 58.9 Å². The highest BCUT2D eigenvalue weighted by molar-refractivity contribution is 9.09. The van der Waals surface area contributed by atoms with Crippen molar-refractivity contribution < 1.29 is 4.74 Å². The Morgan fingerprint density at radius 3 is 2.67 bits per heavy atom. The fraction of sp³-hybridized carbons (Fsp3) is 0.353. The van der Waals surface area contributed by atoms with Crippen molar-refractivity contribution in [3.8, 4) is 5.75 Å². The molecule has 1 unspecified atom stereocenters. The van der Waals surface area contributed by atoms with Crippen LogP contribution in [0.4, 0.5) is 0 Å². The van der Waals surface area contributed by atoms with E-state index in [1.54, 1.807) is 12.4 Å². The van der Waals surface area contributed by atoms with E-state index < -0.39 is 0 Å². The number of hydrogen-bond acceptors (Lipinski definition) is 2.